The van der Waals surface area contributed by atoms with Gasteiger partial charge < -0.3 is 15.2 Å². The Bertz CT molecular complexity index is 399. The molecule has 0 radical (unpaired) electrons. The first kappa shape index (κ1) is 13.7. The molecule has 0 atom stereocenters. The zero-order valence-corrected chi connectivity index (χ0v) is 11.0. The molecule has 0 spiro atoms. The van der Waals surface area contributed by atoms with Crippen molar-refractivity contribution in [3.05, 3.63) is 22.9 Å². The highest BCUT2D eigenvalue weighted by Gasteiger charge is 2.06. The van der Waals surface area contributed by atoms with Gasteiger partial charge >= 0.3 is 0 Å². The standard InChI is InChI=1S/C12H18N2O2S/c1-4-9(16-7-6-15-3)8-11-10(5-2)14-12(13)17-11/h5,8H,2,4,6-7H2,1,3H3,(H2,13,14)/b9-8+. The number of nitrogens with zero attached hydrogens (tertiary/aromatic N) is 1. The SMILES string of the molecule is C=Cc1nc(N)sc1/C=C(\CC)OCCOC. The first-order chi connectivity index (χ1) is 8.21. The van der Waals surface area contributed by atoms with Gasteiger partial charge in [-0.2, -0.15) is 0 Å². The minimum Gasteiger partial charge on any atom is -0.495 e. The number of aromatic nitrogens is 1. The Hall–Kier alpha value is -1.33. The van der Waals surface area contributed by atoms with Gasteiger partial charge in [0.1, 0.15) is 6.61 Å². The molecule has 1 rings (SSSR count). The summed E-state index contributed by atoms with van der Waals surface area (Å²) >= 11 is 1.43. The van der Waals surface area contributed by atoms with E-state index in [2.05, 4.69) is 11.6 Å². The van der Waals surface area contributed by atoms with E-state index in [-0.39, 0.29) is 0 Å². The van der Waals surface area contributed by atoms with E-state index < -0.39 is 0 Å². The molecule has 0 amide bonds. The largest absolute Gasteiger partial charge is 0.495 e. The lowest BCUT2D eigenvalue weighted by Crippen LogP contribution is -2.01. The lowest BCUT2D eigenvalue weighted by Gasteiger charge is -2.07. The zero-order valence-electron chi connectivity index (χ0n) is 10.2. The maximum absolute atomic E-state index is 5.66. The molecule has 0 aromatic carbocycles. The third-order valence-electron chi connectivity index (χ3n) is 2.11. The summed E-state index contributed by atoms with van der Waals surface area (Å²) in [7, 11) is 1.65. The molecule has 94 valence electrons. The van der Waals surface area contributed by atoms with Crippen molar-refractivity contribution in [2.45, 2.75) is 13.3 Å². The Kier molecular flexibility index (Phi) is 5.72. The monoisotopic (exact) mass is 254 g/mol. The van der Waals surface area contributed by atoms with Crippen LogP contribution in [-0.4, -0.2) is 25.3 Å². The molecule has 0 aliphatic carbocycles. The van der Waals surface area contributed by atoms with Crippen LogP contribution in [0.25, 0.3) is 12.2 Å². The molecular weight excluding hydrogens is 236 g/mol. The number of nitrogens with two attached hydrogens (primary N) is 1. The Morgan fingerprint density at radius 1 is 1.53 bits per heavy atom. The number of allylic oxidation sites excluding steroid dienone is 1. The normalized spacial score (nSPS) is 11.5. The van der Waals surface area contributed by atoms with Crippen LogP contribution in [0, 0.1) is 0 Å². The number of ether oxygens (including phenoxy) is 2. The molecule has 0 aliphatic rings. The second kappa shape index (κ2) is 7.09. The highest BCUT2D eigenvalue weighted by molar-refractivity contribution is 7.16. The maximum atomic E-state index is 5.66. The van der Waals surface area contributed by atoms with Gasteiger partial charge in [-0.15, -0.1) is 0 Å². The molecule has 2 N–H and O–H groups in total. The van der Waals surface area contributed by atoms with Crippen molar-refractivity contribution >= 4 is 28.6 Å². The van der Waals surface area contributed by atoms with Crippen LogP contribution in [-0.2, 0) is 9.47 Å². The molecule has 17 heavy (non-hydrogen) atoms. The highest BCUT2D eigenvalue weighted by atomic mass is 32.1. The predicted molar refractivity (Wildman–Crippen MR) is 72.7 cm³/mol. The van der Waals surface area contributed by atoms with Gasteiger partial charge in [0.2, 0.25) is 0 Å². The molecule has 5 heteroatoms. The second-order valence-corrected chi connectivity index (χ2v) is 4.37. The number of rotatable bonds is 7. The molecule has 0 fully saturated rings. The lowest BCUT2D eigenvalue weighted by atomic mass is 10.3. The van der Waals surface area contributed by atoms with E-state index in [1.807, 2.05) is 13.0 Å². The number of nitrogen functional groups attached to an aromatic ring is 1. The number of hydrogen-bond acceptors (Lipinski definition) is 5. The summed E-state index contributed by atoms with van der Waals surface area (Å²) in [6.45, 7) is 6.88. The lowest BCUT2D eigenvalue weighted by molar-refractivity contribution is 0.108. The van der Waals surface area contributed by atoms with Crippen molar-refractivity contribution < 1.29 is 9.47 Å². The van der Waals surface area contributed by atoms with Crippen molar-refractivity contribution in [3.8, 4) is 0 Å². The fourth-order valence-corrected chi connectivity index (χ4v) is 2.05. The van der Waals surface area contributed by atoms with Crippen molar-refractivity contribution in [1.82, 2.24) is 4.98 Å². The molecule has 0 bridgehead atoms. The van der Waals surface area contributed by atoms with Gasteiger partial charge in [0.15, 0.2) is 5.13 Å². The number of thiazole rings is 1. The highest BCUT2D eigenvalue weighted by Crippen LogP contribution is 2.25. The summed E-state index contributed by atoms with van der Waals surface area (Å²) in [4.78, 5) is 5.14. The Labute approximate surface area is 106 Å². The van der Waals surface area contributed by atoms with Crippen LogP contribution in [0.15, 0.2) is 12.3 Å². The number of anilines is 1. The first-order valence-electron chi connectivity index (χ1n) is 5.42. The number of methoxy groups -OCH3 is 1. The Balaban J connectivity index is 2.78. The van der Waals surface area contributed by atoms with Gasteiger partial charge in [-0.3, -0.25) is 0 Å². The van der Waals surface area contributed by atoms with Crippen LogP contribution in [0.3, 0.4) is 0 Å². The minimum atomic E-state index is 0.540. The summed E-state index contributed by atoms with van der Waals surface area (Å²) in [5.41, 5.74) is 6.46. The van der Waals surface area contributed by atoms with Crippen molar-refractivity contribution in [1.29, 1.82) is 0 Å². The van der Waals surface area contributed by atoms with Crippen molar-refractivity contribution in [2.24, 2.45) is 0 Å². The third-order valence-corrected chi connectivity index (χ3v) is 2.95. The van der Waals surface area contributed by atoms with E-state index in [0.717, 1.165) is 22.8 Å². The van der Waals surface area contributed by atoms with E-state index in [1.54, 1.807) is 13.2 Å². The van der Waals surface area contributed by atoms with Crippen LogP contribution in [0.1, 0.15) is 23.9 Å². The van der Waals surface area contributed by atoms with Gasteiger partial charge in [0, 0.05) is 13.5 Å². The zero-order chi connectivity index (χ0) is 12.7. The molecule has 0 aliphatic heterocycles. The average Bonchev–Trinajstić information content (AvgIpc) is 2.68. The smallest absolute Gasteiger partial charge is 0.181 e. The molecule has 1 aromatic rings. The second-order valence-electron chi connectivity index (χ2n) is 3.31. The summed E-state index contributed by atoms with van der Waals surface area (Å²) in [6, 6.07) is 0. The van der Waals surface area contributed by atoms with E-state index in [4.69, 9.17) is 15.2 Å². The molecule has 0 saturated heterocycles. The van der Waals surface area contributed by atoms with E-state index in [0.29, 0.717) is 18.3 Å². The van der Waals surface area contributed by atoms with Crippen LogP contribution in [0.2, 0.25) is 0 Å². The molecule has 0 unspecified atom stereocenters. The van der Waals surface area contributed by atoms with Crippen LogP contribution in [0.4, 0.5) is 5.13 Å². The van der Waals surface area contributed by atoms with Crippen LogP contribution in [0.5, 0.6) is 0 Å². The third kappa shape index (κ3) is 4.20. The van der Waals surface area contributed by atoms with Gasteiger partial charge in [0.25, 0.3) is 0 Å². The van der Waals surface area contributed by atoms with E-state index in [9.17, 15) is 0 Å². The summed E-state index contributed by atoms with van der Waals surface area (Å²) in [5, 5.41) is 0.540. The quantitative estimate of drug-likeness (QED) is 0.600. The predicted octanol–water partition coefficient (Wildman–Crippen LogP) is 2.78. The fraction of sp³-hybridized carbons (Fsp3) is 0.417. The Morgan fingerprint density at radius 3 is 2.88 bits per heavy atom. The summed E-state index contributed by atoms with van der Waals surface area (Å²) < 4.78 is 10.5. The van der Waals surface area contributed by atoms with E-state index in [1.165, 1.54) is 11.3 Å². The molecule has 1 aromatic heterocycles. The fourth-order valence-electron chi connectivity index (χ4n) is 1.26. The van der Waals surface area contributed by atoms with Crippen molar-refractivity contribution in [2.75, 3.05) is 26.1 Å². The van der Waals surface area contributed by atoms with Gasteiger partial charge in [-0.05, 0) is 12.2 Å². The molecular formula is C12H18N2O2S. The summed E-state index contributed by atoms with van der Waals surface area (Å²) in [6.07, 6.45) is 4.47. The van der Waals surface area contributed by atoms with Gasteiger partial charge in [0.05, 0.1) is 22.9 Å². The van der Waals surface area contributed by atoms with Crippen molar-refractivity contribution in [3.63, 3.8) is 0 Å². The Morgan fingerprint density at radius 2 is 2.29 bits per heavy atom. The molecule has 4 nitrogen and oxygen atoms in total. The minimum absolute atomic E-state index is 0.540. The number of hydrogen-bond donors (Lipinski definition) is 1. The van der Waals surface area contributed by atoms with E-state index >= 15 is 0 Å². The average molecular weight is 254 g/mol. The van der Waals surface area contributed by atoms with Gasteiger partial charge in [-0.25, -0.2) is 4.98 Å². The topological polar surface area (TPSA) is 57.4 Å². The first-order valence-corrected chi connectivity index (χ1v) is 6.24. The molecule has 0 saturated carbocycles. The summed E-state index contributed by atoms with van der Waals surface area (Å²) in [5.74, 6) is 0.897. The van der Waals surface area contributed by atoms with Gasteiger partial charge in [-0.1, -0.05) is 24.8 Å². The maximum Gasteiger partial charge on any atom is 0.181 e. The van der Waals surface area contributed by atoms with Crippen LogP contribution < -0.4 is 5.73 Å². The molecule has 1 heterocycles. The van der Waals surface area contributed by atoms with Crippen LogP contribution >= 0.6 is 11.3 Å².